The van der Waals surface area contributed by atoms with Crippen molar-refractivity contribution in [1.82, 2.24) is 9.97 Å². The van der Waals surface area contributed by atoms with E-state index in [9.17, 15) is 4.79 Å². The first-order valence-electron chi connectivity index (χ1n) is 8.07. The molecular weight excluding hydrogens is 362 g/mol. The lowest BCUT2D eigenvalue weighted by atomic mass is 10.1. The second-order valence-corrected chi connectivity index (χ2v) is 7.60. The Balaban J connectivity index is 1.64. The summed E-state index contributed by atoms with van der Waals surface area (Å²) in [6.45, 7) is 0. The lowest BCUT2D eigenvalue weighted by molar-refractivity contribution is -0.115. The number of nitrogens with zero attached hydrogens (tertiary/aromatic N) is 2. The first-order valence-corrected chi connectivity index (χ1v) is 9.83. The summed E-state index contributed by atoms with van der Waals surface area (Å²) in [5, 5.41) is 6.82. The van der Waals surface area contributed by atoms with Crippen molar-refractivity contribution in [3.63, 3.8) is 0 Å². The summed E-state index contributed by atoms with van der Waals surface area (Å²) in [4.78, 5) is 21.7. The van der Waals surface area contributed by atoms with Crippen LogP contribution in [0.4, 0.5) is 5.13 Å². The Kier molecular flexibility index (Phi) is 4.95. The van der Waals surface area contributed by atoms with Crippen molar-refractivity contribution >= 4 is 45.0 Å². The molecule has 0 radical (unpaired) electrons. The van der Waals surface area contributed by atoms with E-state index in [1.165, 1.54) is 23.1 Å². The van der Waals surface area contributed by atoms with Crippen molar-refractivity contribution < 1.29 is 4.79 Å². The molecule has 6 heteroatoms. The molecule has 0 saturated carbocycles. The van der Waals surface area contributed by atoms with E-state index in [1.807, 2.05) is 72.1 Å². The molecule has 2 aromatic heterocycles. The number of nitrogens with one attached hydrogen (secondary N) is 1. The molecule has 0 aliphatic carbocycles. The number of thiazole rings is 1. The van der Waals surface area contributed by atoms with Crippen LogP contribution in [0.3, 0.4) is 0 Å². The molecule has 128 valence electrons. The molecule has 2 aromatic carbocycles. The fraction of sp³-hybridized carbons (Fsp3) is 0.0500. The van der Waals surface area contributed by atoms with E-state index in [1.54, 1.807) is 6.20 Å². The van der Waals surface area contributed by atoms with E-state index in [4.69, 9.17) is 0 Å². The van der Waals surface area contributed by atoms with Crippen molar-refractivity contribution in [3.05, 3.63) is 83.9 Å². The van der Waals surface area contributed by atoms with Gasteiger partial charge in [0.15, 0.2) is 5.13 Å². The van der Waals surface area contributed by atoms with Crippen molar-refractivity contribution in [2.45, 2.75) is 10.3 Å². The molecule has 4 nitrogen and oxygen atoms in total. The summed E-state index contributed by atoms with van der Waals surface area (Å²) >= 11 is 2.84. The Morgan fingerprint density at radius 3 is 2.62 bits per heavy atom. The quantitative estimate of drug-likeness (QED) is 0.488. The lowest BCUT2D eigenvalue weighted by Crippen LogP contribution is -2.19. The van der Waals surface area contributed by atoms with Crippen LogP contribution in [0.15, 0.2) is 83.3 Å². The highest BCUT2D eigenvalue weighted by Gasteiger charge is 2.23. The maximum atomic E-state index is 12.9. The number of carbonyl (C=O) groups excluding carboxylic acids is 1. The topological polar surface area (TPSA) is 54.9 Å². The lowest BCUT2D eigenvalue weighted by Gasteiger charge is -2.16. The molecule has 4 rings (SSSR count). The molecule has 0 spiro atoms. The third-order valence-electron chi connectivity index (χ3n) is 3.81. The number of thioether (sulfide) groups is 1. The Hall–Kier alpha value is -2.70. The van der Waals surface area contributed by atoms with Crippen LogP contribution in [-0.4, -0.2) is 15.9 Å². The van der Waals surface area contributed by atoms with Gasteiger partial charge < -0.3 is 5.32 Å². The van der Waals surface area contributed by atoms with Crippen molar-refractivity contribution in [2.24, 2.45) is 0 Å². The molecule has 1 atom stereocenters. The minimum Gasteiger partial charge on any atom is -0.301 e. The predicted octanol–water partition coefficient (Wildman–Crippen LogP) is 5.16. The second-order valence-electron chi connectivity index (χ2n) is 5.58. The second kappa shape index (κ2) is 7.68. The summed E-state index contributed by atoms with van der Waals surface area (Å²) in [6.07, 6.45) is 1.68. The highest BCUT2D eigenvalue weighted by Crippen LogP contribution is 2.36. The Bertz CT molecular complexity index is 1020. The van der Waals surface area contributed by atoms with Gasteiger partial charge in [-0.1, -0.05) is 66.4 Å². The minimum absolute atomic E-state index is 0.105. The summed E-state index contributed by atoms with van der Waals surface area (Å²) in [6, 6.07) is 21.7. The maximum Gasteiger partial charge on any atom is 0.244 e. The molecule has 0 aliphatic rings. The number of anilines is 1. The first kappa shape index (κ1) is 16.8. The van der Waals surface area contributed by atoms with E-state index in [0.29, 0.717) is 5.13 Å². The number of aromatic nitrogens is 2. The third kappa shape index (κ3) is 3.76. The maximum absolute atomic E-state index is 12.9. The van der Waals surface area contributed by atoms with E-state index in [0.717, 1.165) is 21.5 Å². The average molecular weight is 377 g/mol. The summed E-state index contributed by atoms with van der Waals surface area (Å²) in [5.74, 6) is -0.105. The van der Waals surface area contributed by atoms with Crippen molar-refractivity contribution in [3.8, 4) is 0 Å². The molecule has 2 heterocycles. The zero-order valence-corrected chi connectivity index (χ0v) is 15.3. The highest BCUT2D eigenvalue weighted by molar-refractivity contribution is 8.00. The zero-order chi connectivity index (χ0) is 17.8. The van der Waals surface area contributed by atoms with Crippen LogP contribution in [0.1, 0.15) is 10.8 Å². The molecule has 1 amide bonds. The predicted molar refractivity (Wildman–Crippen MR) is 108 cm³/mol. The van der Waals surface area contributed by atoms with Gasteiger partial charge in [0.05, 0.1) is 10.5 Å². The summed E-state index contributed by atoms with van der Waals surface area (Å²) in [7, 11) is 0. The number of hydrogen-bond acceptors (Lipinski definition) is 5. The Labute approximate surface area is 159 Å². The summed E-state index contributed by atoms with van der Waals surface area (Å²) < 4.78 is 0. The molecule has 0 aliphatic heterocycles. The molecule has 1 N–H and O–H groups in total. The standard InChI is InChI=1S/C20H15N3OS2/c24-19(23-20-21-12-13-25-20)18(15-7-2-1-3-8-15)26-17-11-10-14-6-4-5-9-16(14)22-17/h1-13,18H,(H,21,23,24). The van der Waals surface area contributed by atoms with Crippen LogP contribution in [-0.2, 0) is 4.79 Å². The van der Waals surface area contributed by atoms with Crippen molar-refractivity contribution in [1.29, 1.82) is 0 Å². The molecule has 4 aromatic rings. The van der Waals surface area contributed by atoms with Crippen molar-refractivity contribution in [2.75, 3.05) is 5.32 Å². The van der Waals surface area contributed by atoms with Gasteiger partial charge in [0.1, 0.15) is 5.25 Å². The number of carbonyl (C=O) groups is 1. The van der Waals surface area contributed by atoms with Crippen LogP contribution in [0.25, 0.3) is 10.9 Å². The molecule has 0 bridgehead atoms. The zero-order valence-electron chi connectivity index (χ0n) is 13.7. The molecule has 1 unspecified atom stereocenters. The number of fused-ring (bicyclic) bond motifs is 1. The Morgan fingerprint density at radius 1 is 1.00 bits per heavy atom. The number of benzene rings is 2. The largest absolute Gasteiger partial charge is 0.301 e. The number of para-hydroxylation sites is 1. The van der Waals surface area contributed by atoms with Crippen LogP contribution < -0.4 is 5.32 Å². The fourth-order valence-electron chi connectivity index (χ4n) is 2.59. The SMILES string of the molecule is O=C(Nc1nccs1)C(Sc1ccc2ccccc2n1)c1ccccc1. The van der Waals surface area contributed by atoms with Gasteiger partial charge in [0, 0.05) is 17.0 Å². The molecule has 0 fully saturated rings. The van der Waals surface area contributed by atoms with Gasteiger partial charge in [0.2, 0.25) is 5.91 Å². The van der Waals surface area contributed by atoms with E-state index in [-0.39, 0.29) is 5.91 Å². The van der Waals surface area contributed by atoms with Gasteiger partial charge in [-0.25, -0.2) is 9.97 Å². The fourth-order valence-corrected chi connectivity index (χ4v) is 4.12. The number of amides is 1. The minimum atomic E-state index is -0.409. The van der Waals surface area contributed by atoms with Gasteiger partial charge in [-0.2, -0.15) is 0 Å². The highest BCUT2D eigenvalue weighted by atomic mass is 32.2. The van der Waals surface area contributed by atoms with E-state index >= 15 is 0 Å². The van der Waals surface area contributed by atoms with Crippen LogP contribution >= 0.6 is 23.1 Å². The van der Waals surface area contributed by atoms with E-state index < -0.39 is 5.25 Å². The molecule has 0 saturated heterocycles. The van der Waals surface area contributed by atoms with Crippen LogP contribution in [0, 0.1) is 0 Å². The van der Waals surface area contributed by atoms with Gasteiger partial charge in [-0.15, -0.1) is 11.3 Å². The van der Waals surface area contributed by atoms with Gasteiger partial charge >= 0.3 is 0 Å². The molecular formula is C20H15N3OS2. The number of hydrogen-bond donors (Lipinski definition) is 1. The van der Waals surface area contributed by atoms with Gasteiger partial charge in [-0.05, 0) is 17.7 Å². The monoisotopic (exact) mass is 377 g/mol. The number of rotatable bonds is 5. The number of pyridine rings is 1. The molecule has 26 heavy (non-hydrogen) atoms. The normalized spacial score (nSPS) is 12.0. The third-order valence-corrected chi connectivity index (χ3v) is 5.69. The van der Waals surface area contributed by atoms with Crippen LogP contribution in [0.5, 0.6) is 0 Å². The first-order chi connectivity index (χ1) is 12.8. The van der Waals surface area contributed by atoms with Gasteiger partial charge in [-0.3, -0.25) is 4.79 Å². The van der Waals surface area contributed by atoms with E-state index in [2.05, 4.69) is 15.3 Å². The summed E-state index contributed by atoms with van der Waals surface area (Å²) in [5.41, 5.74) is 1.85. The van der Waals surface area contributed by atoms with Crippen LogP contribution in [0.2, 0.25) is 0 Å². The van der Waals surface area contributed by atoms with Gasteiger partial charge in [0.25, 0.3) is 0 Å². The Morgan fingerprint density at radius 2 is 1.81 bits per heavy atom. The average Bonchev–Trinajstić information content (AvgIpc) is 3.19. The smallest absolute Gasteiger partial charge is 0.244 e.